The molecule has 1 aromatic heterocycles. The van der Waals surface area contributed by atoms with Gasteiger partial charge in [-0.2, -0.15) is 0 Å². The maximum Gasteiger partial charge on any atom is 0.326 e. The molecule has 0 bridgehead atoms. The first-order chi connectivity index (χ1) is 12.2. The Morgan fingerprint density at radius 3 is 3.00 bits per heavy atom. The molecule has 1 aliphatic rings. The lowest BCUT2D eigenvalue weighted by molar-refractivity contribution is -0.121. The smallest absolute Gasteiger partial charge is 0.326 e. The van der Waals surface area contributed by atoms with Crippen molar-refractivity contribution in [3.8, 4) is 0 Å². The molecular formula is C18H26N4O3. The van der Waals surface area contributed by atoms with Crippen molar-refractivity contribution in [2.45, 2.75) is 38.3 Å². The molecule has 2 heterocycles. The SMILES string of the molecule is O=C(Cn1c(=O)[nH]c2ccccc21)NCCCCN1CCCC1CO. The number of nitrogens with zero attached hydrogens (tertiary/aromatic N) is 2. The number of carbonyl (C=O) groups excluding carboxylic acids is 1. The van der Waals surface area contributed by atoms with E-state index in [1.165, 1.54) is 4.57 Å². The molecule has 7 nitrogen and oxygen atoms in total. The molecule has 3 N–H and O–H groups in total. The molecule has 2 aromatic rings. The van der Waals surface area contributed by atoms with E-state index in [1.54, 1.807) is 0 Å². The summed E-state index contributed by atoms with van der Waals surface area (Å²) >= 11 is 0. The van der Waals surface area contributed by atoms with Crippen LogP contribution in [0.15, 0.2) is 29.1 Å². The molecule has 136 valence electrons. The average molecular weight is 346 g/mol. The van der Waals surface area contributed by atoms with Gasteiger partial charge in [0.25, 0.3) is 0 Å². The highest BCUT2D eigenvalue weighted by molar-refractivity contribution is 5.80. The van der Waals surface area contributed by atoms with Gasteiger partial charge in [-0.1, -0.05) is 12.1 Å². The number of para-hydroxylation sites is 2. The van der Waals surface area contributed by atoms with Gasteiger partial charge in [-0.15, -0.1) is 0 Å². The first-order valence-electron chi connectivity index (χ1n) is 8.98. The molecule has 0 radical (unpaired) electrons. The highest BCUT2D eigenvalue weighted by Crippen LogP contribution is 2.16. The van der Waals surface area contributed by atoms with E-state index in [0.29, 0.717) is 12.6 Å². The molecule has 1 aliphatic heterocycles. The third-order valence-corrected chi connectivity index (χ3v) is 4.89. The Hall–Kier alpha value is -2.12. The molecular weight excluding hydrogens is 320 g/mol. The quantitative estimate of drug-likeness (QED) is 0.613. The third-order valence-electron chi connectivity index (χ3n) is 4.89. The van der Waals surface area contributed by atoms with Gasteiger partial charge in [0.2, 0.25) is 5.91 Å². The number of H-pyrrole nitrogens is 1. The molecule has 1 unspecified atom stereocenters. The number of fused-ring (bicyclic) bond motifs is 1. The van der Waals surface area contributed by atoms with Crippen molar-refractivity contribution >= 4 is 16.9 Å². The Morgan fingerprint density at radius 1 is 1.32 bits per heavy atom. The van der Waals surface area contributed by atoms with E-state index in [4.69, 9.17) is 0 Å². The van der Waals surface area contributed by atoms with Crippen LogP contribution in [-0.2, 0) is 11.3 Å². The lowest BCUT2D eigenvalue weighted by atomic mass is 10.2. The van der Waals surface area contributed by atoms with Crippen molar-refractivity contribution < 1.29 is 9.90 Å². The van der Waals surface area contributed by atoms with Crippen LogP contribution in [-0.4, -0.2) is 57.7 Å². The topological polar surface area (TPSA) is 90.4 Å². The Balaban J connectivity index is 1.41. The zero-order chi connectivity index (χ0) is 17.6. The minimum atomic E-state index is -0.263. The van der Waals surface area contributed by atoms with Crippen molar-refractivity contribution in [2.24, 2.45) is 0 Å². The average Bonchev–Trinajstić information content (AvgIpc) is 3.19. The molecule has 1 atom stereocenters. The number of benzene rings is 1. The number of hydrogen-bond donors (Lipinski definition) is 3. The Bertz CT molecular complexity index is 767. The van der Waals surface area contributed by atoms with E-state index in [0.717, 1.165) is 49.8 Å². The van der Waals surface area contributed by atoms with E-state index < -0.39 is 0 Å². The van der Waals surface area contributed by atoms with Crippen LogP contribution in [0.3, 0.4) is 0 Å². The molecule has 3 rings (SSSR count). The largest absolute Gasteiger partial charge is 0.395 e. The van der Waals surface area contributed by atoms with Crippen molar-refractivity contribution in [3.05, 3.63) is 34.7 Å². The van der Waals surface area contributed by atoms with Crippen LogP contribution < -0.4 is 11.0 Å². The van der Waals surface area contributed by atoms with Gasteiger partial charge in [0.15, 0.2) is 0 Å². The summed E-state index contributed by atoms with van der Waals surface area (Å²) in [7, 11) is 0. The van der Waals surface area contributed by atoms with Crippen LogP contribution in [0.4, 0.5) is 0 Å². The van der Waals surface area contributed by atoms with Gasteiger partial charge >= 0.3 is 5.69 Å². The number of likely N-dealkylation sites (tertiary alicyclic amines) is 1. The maximum absolute atomic E-state index is 12.1. The molecule has 25 heavy (non-hydrogen) atoms. The molecule has 1 saturated heterocycles. The number of unbranched alkanes of at least 4 members (excludes halogenated alkanes) is 1. The lowest BCUT2D eigenvalue weighted by Crippen LogP contribution is -2.34. The predicted molar refractivity (Wildman–Crippen MR) is 96.5 cm³/mol. The zero-order valence-corrected chi connectivity index (χ0v) is 14.4. The molecule has 7 heteroatoms. The first kappa shape index (κ1) is 17.7. The van der Waals surface area contributed by atoms with Crippen LogP contribution in [0.5, 0.6) is 0 Å². The summed E-state index contributed by atoms with van der Waals surface area (Å²) in [5.41, 5.74) is 1.22. The second-order valence-corrected chi connectivity index (χ2v) is 6.61. The number of imidazole rings is 1. The van der Waals surface area contributed by atoms with E-state index >= 15 is 0 Å². The third kappa shape index (κ3) is 4.29. The van der Waals surface area contributed by atoms with E-state index in [2.05, 4.69) is 15.2 Å². The van der Waals surface area contributed by atoms with Gasteiger partial charge < -0.3 is 15.4 Å². The van der Waals surface area contributed by atoms with Crippen LogP contribution in [0.2, 0.25) is 0 Å². The summed E-state index contributed by atoms with van der Waals surface area (Å²) in [5.74, 6) is -0.152. The van der Waals surface area contributed by atoms with E-state index in [-0.39, 0.29) is 24.7 Å². The molecule has 0 spiro atoms. The monoisotopic (exact) mass is 346 g/mol. The number of carbonyl (C=O) groups is 1. The van der Waals surface area contributed by atoms with Gasteiger partial charge in [0, 0.05) is 12.6 Å². The zero-order valence-electron chi connectivity index (χ0n) is 14.4. The molecule has 1 amide bonds. The summed E-state index contributed by atoms with van der Waals surface area (Å²) in [6.07, 6.45) is 4.11. The summed E-state index contributed by atoms with van der Waals surface area (Å²) < 4.78 is 1.46. The number of aromatic nitrogens is 2. The van der Waals surface area contributed by atoms with Crippen molar-refractivity contribution in [3.63, 3.8) is 0 Å². The van der Waals surface area contributed by atoms with E-state index in [1.807, 2.05) is 24.3 Å². The van der Waals surface area contributed by atoms with Gasteiger partial charge in [-0.3, -0.25) is 14.3 Å². The summed E-state index contributed by atoms with van der Waals surface area (Å²) in [5, 5.41) is 12.2. The van der Waals surface area contributed by atoms with Gasteiger partial charge in [-0.25, -0.2) is 4.79 Å². The standard InChI is InChI=1S/C18H26N4O3/c23-13-14-6-5-11-21(14)10-4-3-9-19-17(24)12-22-16-8-2-1-7-15(16)20-18(22)25/h1-2,7-8,14,23H,3-6,9-13H2,(H,19,24)(H,20,25). The molecule has 0 aliphatic carbocycles. The van der Waals surface area contributed by atoms with Gasteiger partial charge in [0.05, 0.1) is 17.6 Å². The maximum atomic E-state index is 12.1. The number of aliphatic hydroxyl groups is 1. The fraction of sp³-hybridized carbons (Fsp3) is 0.556. The molecule has 1 fully saturated rings. The summed E-state index contributed by atoms with van der Waals surface area (Å²) in [4.78, 5) is 29.1. The number of rotatable bonds is 8. The number of amides is 1. The van der Waals surface area contributed by atoms with Crippen molar-refractivity contribution in [2.75, 3.05) is 26.2 Å². The van der Waals surface area contributed by atoms with Crippen molar-refractivity contribution in [1.29, 1.82) is 0 Å². The Labute approximate surface area is 146 Å². The van der Waals surface area contributed by atoms with Crippen LogP contribution in [0.1, 0.15) is 25.7 Å². The number of aromatic amines is 1. The second-order valence-electron chi connectivity index (χ2n) is 6.61. The first-order valence-corrected chi connectivity index (χ1v) is 8.98. The highest BCUT2D eigenvalue weighted by Gasteiger charge is 2.22. The Morgan fingerprint density at radius 2 is 2.16 bits per heavy atom. The normalized spacial score (nSPS) is 18.0. The summed E-state index contributed by atoms with van der Waals surface area (Å²) in [6, 6.07) is 7.66. The minimum Gasteiger partial charge on any atom is -0.395 e. The molecule has 1 aromatic carbocycles. The fourth-order valence-corrected chi connectivity index (χ4v) is 3.53. The highest BCUT2D eigenvalue weighted by atomic mass is 16.3. The fourth-order valence-electron chi connectivity index (χ4n) is 3.53. The van der Waals surface area contributed by atoms with Crippen molar-refractivity contribution in [1.82, 2.24) is 19.8 Å². The van der Waals surface area contributed by atoms with Crippen LogP contribution in [0.25, 0.3) is 11.0 Å². The number of nitrogens with one attached hydrogen (secondary N) is 2. The van der Waals surface area contributed by atoms with Crippen LogP contribution >= 0.6 is 0 Å². The predicted octanol–water partition coefficient (Wildman–Crippen LogP) is 0.683. The van der Waals surface area contributed by atoms with Crippen LogP contribution in [0, 0.1) is 0 Å². The van der Waals surface area contributed by atoms with Gasteiger partial charge in [0.1, 0.15) is 6.54 Å². The van der Waals surface area contributed by atoms with E-state index in [9.17, 15) is 14.7 Å². The summed E-state index contributed by atoms with van der Waals surface area (Å²) in [6.45, 7) is 2.88. The Kier molecular flexibility index (Phi) is 5.88. The lowest BCUT2D eigenvalue weighted by Gasteiger charge is -2.22. The minimum absolute atomic E-state index is 0.0293. The number of hydrogen-bond acceptors (Lipinski definition) is 4. The number of aliphatic hydroxyl groups excluding tert-OH is 1. The van der Waals surface area contributed by atoms with Gasteiger partial charge in [-0.05, 0) is 50.9 Å². The second kappa shape index (κ2) is 8.31. The molecule has 0 saturated carbocycles.